The zero-order chi connectivity index (χ0) is 23.4. The summed E-state index contributed by atoms with van der Waals surface area (Å²) < 4.78 is 36.1. The number of aliphatic hydroxyl groups excluding tert-OH is 2. The van der Waals surface area contributed by atoms with Crippen LogP contribution < -0.4 is 0 Å². The number of carbonyl (C=O) groups is 2. The highest BCUT2D eigenvalue weighted by molar-refractivity contribution is 5.92. The van der Waals surface area contributed by atoms with Gasteiger partial charge < -0.3 is 20.4 Å². The van der Waals surface area contributed by atoms with Gasteiger partial charge in [0.25, 0.3) is 0 Å². The second kappa shape index (κ2) is 5.96. The Morgan fingerprint density at radius 1 is 1.37 bits per heavy atom. The molecule has 150 valence electrons. The predicted octanol–water partition coefficient (Wildman–Crippen LogP) is 0.752. The number of rotatable bonds is 2. The monoisotopic (exact) mass is 382 g/mol. The Bertz CT molecular complexity index is 889. The van der Waals surface area contributed by atoms with Gasteiger partial charge in [0.05, 0.1) is 13.6 Å². The summed E-state index contributed by atoms with van der Waals surface area (Å²) in [6.45, 7) is 1.88. The van der Waals surface area contributed by atoms with Gasteiger partial charge in [-0.25, -0.2) is 0 Å². The topological polar surface area (TPSA) is 115 Å². The molecule has 0 aliphatic heterocycles. The van der Waals surface area contributed by atoms with Crippen molar-refractivity contribution in [1.29, 1.82) is 0 Å². The number of hydrogen-bond acceptors (Lipinski definition) is 6. The van der Waals surface area contributed by atoms with Crippen LogP contribution in [0.5, 0.6) is 0 Å². The van der Waals surface area contributed by atoms with Gasteiger partial charge in [-0.15, -0.1) is 0 Å². The summed E-state index contributed by atoms with van der Waals surface area (Å²) >= 11 is 0. The van der Waals surface area contributed by atoms with Crippen molar-refractivity contribution in [2.45, 2.75) is 70.1 Å². The minimum atomic E-state index is -3.08. The first-order chi connectivity index (χ1) is 14.1. The average molecular weight is 382 g/mol. The molecule has 0 aromatic rings. The molecule has 0 aromatic heterocycles. The van der Waals surface area contributed by atoms with E-state index < -0.39 is 65.1 Å². The summed E-state index contributed by atoms with van der Waals surface area (Å²) in [5, 5.41) is 43.2. The lowest BCUT2D eigenvalue weighted by Gasteiger charge is -2.61. The maximum absolute atomic E-state index is 12.6. The fourth-order valence-electron chi connectivity index (χ4n) is 6.27. The Morgan fingerprint density at radius 3 is 2.74 bits per heavy atom. The van der Waals surface area contributed by atoms with Crippen LogP contribution in [0.2, 0.25) is 0 Å². The van der Waals surface area contributed by atoms with Gasteiger partial charge in [-0.3, -0.25) is 9.59 Å². The molecule has 0 unspecified atom stereocenters. The number of ketones is 2. The third-order valence-corrected chi connectivity index (χ3v) is 7.77. The van der Waals surface area contributed by atoms with E-state index in [1.807, 2.05) is 0 Å². The number of fused-ring (bicyclic) bond motifs is 5. The van der Waals surface area contributed by atoms with E-state index in [0.29, 0.717) is 0 Å². The molecule has 27 heavy (non-hydrogen) atoms. The van der Waals surface area contributed by atoms with Crippen LogP contribution in [0.3, 0.4) is 0 Å². The second-order valence-corrected chi connectivity index (χ2v) is 8.93. The minimum Gasteiger partial charge on any atom is -0.393 e. The van der Waals surface area contributed by atoms with E-state index >= 15 is 0 Å². The molecule has 4 rings (SSSR count). The van der Waals surface area contributed by atoms with Crippen LogP contribution in [-0.2, 0) is 9.59 Å². The fraction of sp³-hybridized carbons (Fsp3) is 0.810. The standard InChI is InChI=1S/C21H30O6/c1-19-5-3-11(23)7-14(19)15(24)8-12-13-4-6-21(27,17(26)10-22)20(13,2)9-16(25)18(12)19/h7,12-13,15-16,18,22,24-25,27H,3-6,8-10H2,1-2H3/t12-,13-,15-,16-,18+,19-,20-,21-/m0/s1/i9D2,16D,18D. The Labute approximate surface area is 164 Å². The van der Waals surface area contributed by atoms with Gasteiger partial charge in [-0.1, -0.05) is 13.8 Å². The number of aliphatic hydroxyl groups is 4. The van der Waals surface area contributed by atoms with E-state index in [9.17, 15) is 31.4 Å². The van der Waals surface area contributed by atoms with Crippen molar-refractivity contribution in [3.63, 3.8) is 0 Å². The molecule has 4 aliphatic carbocycles. The van der Waals surface area contributed by atoms with Crippen molar-refractivity contribution < 1.29 is 35.5 Å². The predicted molar refractivity (Wildman–Crippen MR) is 96.5 cm³/mol. The van der Waals surface area contributed by atoms with Crippen molar-refractivity contribution in [3.8, 4) is 0 Å². The highest BCUT2D eigenvalue weighted by Crippen LogP contribution is 2.67. The molecular formula is C21H30O6. The number of carbonyl (C=O) groups excluding carboxylic acids is 2. The molecule has 6 nitrogen and oxygen atoms in total. The maximum Gasteiger partial charge on any atom is 0.190 e. The molecular weight excluding hydrogens is 348 g/mol. The Morgan fingerprint density at radius 2 is 2.07 bits per heavy atom. The summed E-state index contributed by atoms with van der Waals surface area (Å²) in [7, 11) is 0. The highest BCUT2D eigenvalue weighted by Gasteiger charge is 2.68. The quantitative estimate of drug-likeness (QED) is 0.560. The van der Waals surface area contributed by atoms with Crippen molar-refractivity contribution >= 4 is 11.6 Å². The molecule has 4 aliphatic rings. The lowest BCUT2D eigenvalue weighted by atomic mass is 9.45. The first kappa shape index (κ1) is 14.9. The van der Waals surface area contributed by atoms with E-state index in [1.54, 1.807) is 6.92 Å². The van der Waals surface area contributed by atoms with Gasteiger partial charge >= 0.3 is 0 Å². The van der Waals surface area contributed by atoms with Gasteiger partial charge in [0.15, 0.2) is 11.6 Å². The smallest absolute Gasteiger partial charge is 0.190 e. The van der Waals surface area contributed by atoms with Crippen LogP contribution in [0.15, 0.2) is 11.6 Å². The van der Waals surface area contributed by atoms with Crippen molar-refractivity contribution in [1.82, 2.24) is 0 Å². The normalized spacial score (nSPS) is 61.3. The molecule has 0 saturated heterocycles. The Kier molecular flexibility index (Phi) is 3.28. The Balaban J connectivity index is 2.00. The summed E-state index contributed by atoms with van der Waals surface area (Å²) in [5.41, 5.74) is -5.40. The van der Waals surface area contributed by atoms with Crippen molar-refractivity contribution in [2.24, 2.45) is 28.6 Å². The maximum atomic E-state index is 12.6. The Hall–Kier alpha value is -1.08. The van der Waals surface area contributed by atoms with Gasteiger partial charge in [0, 0.05) is 15.9 Å². The molecule has 4 N–H and O–H groups in total. The van der Waals surface area contributed by atoms with Gasteiger partial charge in [0.2, 0.25) is 0 Å². The minimum absolute atomic E-state index is 0.0496. The van der Waals surface area contributed by atoms with E-state index in [4.69, 9.17) is 4.11 Å². The van der Waals surface area contributed by atoms with Crippen LogP contribution in [0, 0.1) is 28.6 Å². The third-order valence-electron chi connectivity index (χ3n) is 7.77. The molecule has 0 amide bonds. The molecule has 6 heteroatoms. The summed E-state index contributed by atoms with van der Waals surface area (Å²) in [6, 6.07) is 0. The zero-order valence-corrected chi connectivity index (χ0v) is 15.7. The van der Waals surface area contributed by atoms with Crippen LogP contribution in [0.4, 0.5) is 0 Å². The van der Waals surface area contributed by atoms with Crippen molar-refractivity contribution in [2.75, 3.05) is 6.61 Å². The molecule has 0 radical (unpaired) electrons. The summed E-state index contributed by atoms with van der Waals surface area (Å²) in [6.07, 6.45) is -5.87. The SMILES string of the molecule is [2H]C1([2H])[C@]([2H])(O)[C@@]2([2H])[C@@H](C[C@H](O)C3=CC(=O)CC[C@@]32C)[C@@H]2CC[C@](O)(C(=O)CO)[C@]21C. The first-order valence-electron chi connectivity index (χ1n) is 11.6. The van der Waals surface area contributed by atoms with Crippen LogP contribution in [-0.4, -0.2) is 56.4 Å². The molecule has 0 heterocycles. The van der Waals surface area contributed by atoms with Crippen LogP contribution in [0.25, 0.3) is 0 Å². The van der Waals surface area contributed by atoms with Crippen LogP contribution in [0.1, 0.15) is 57.8 Å². The van der Waals surface area contributed by atoms with E-state index in [2.05, 4.69) is 0 Å². The zero-order valence-electron chi connectivity index (χ0n) is 19.7. The third kappa shape index (κ3) is 2.33. The van der Waals surface area contributed by atoms with E-state index in [0.717, 1.165) is 0 Å². The van der Waals surface area contributed by atoms with Gasteiger partial charge in [-0.2, -0.15) is 0 Å². The van der Waals surface area contributed by atoms with Crippen molar-refractivity contribution in [3.05, 3.63) is 11.6 Å². The summed E-state index contributed by atoms with van der Waals surface area (Å²) in [5.74, 6) is -5.09. The number of hydrogen-bond donors (Lipinski definition) is 4. The highest BCUT2D eigenvalue weighted by atomic mass is 16.3. The lowest BCUT2D eigenvalue weighted by molar-refractivity contribution is -0.187. The fourth-order valence-corrected chi connectivity index (χ4v) is 6.27. The van der Waals surface area contributed by atoms with E-state index in [-0.39, 0.29) is 43.5 Å². The van der Waals surface area contributed by atoms with E-state index in [1.165, 1.54) is 13.0 Å². The molecule has 3 fully saturated rings. The van der Waals surface area contributed by atoms with Gasteiger partial charge in [0.1, 0.15) is 12.2 Å². The lowest BCUT2D eigenvalue weighted by Crippen LogP contribution is -2.63. The van der Waals surface area contributed by atoms with Gasteiger partial charge in [-0.05, 0) is 66.9 Å². The second-order valence-electron chi connectivity index (χ2n) is 8.93. The summed E-state index contributed by atoms with van der Waals surface area (Å²) in [4.78, 5) is 24.6. The first-order valence-corrected chi connectivity index (χ1v) is 9.60. The molecule has 0 bridgehead atoms. The number of Topliss-reactive ketones (excluding diaryl/α,β-unsaturated/α-hetero) is 1. The molecule has 3 saturated carbocycles. The largest absolute Gasteiger partial charge is 0.393 e. The molecule has 0 aromatic carbocycles. The molecule has 0 spiro atoms. The average Bonchev–Trinajstić information content (AvgIpc) is 2.98. The molecule has 8 atom stereocenters. The van der Waals surface area contributed by atoms with Crippen LogP contribution >= 0.6 is 0 Å².